The van der Waals surface area contributed by atoms with Crippen molar-refractivity contribution in [1.82, 2.24) is 5.32 Å². The molecule has 7 heteroatoms. The molecule has 132 valence electrons. The van der Waals surface area contributed by atoms with Crippen LogP contribution in [0.25, 0.3) is 0 Å². The molecular weight excluding hydrogens is 361 g/mol. The minimum absolute atomic E-state index is 0.363. The van der Waals surface area contributed by atoms with Gasteiger partial charge in [0.1, 0.15) is 6.04 Å². The Morgan fingerprint density at radius 1 is 1.12 bits per heavy atom. The summed E-state index contributed by atoms with van der Waals surface area (Å²) in [5.41, 5.74) is 1.55. The third-order valence-electron chi connectivity index (χ3n) is 3.85. The van der Waals surface area contributed by atoms with E-state index in [9.17, 15) is 9.70 Å². The SMILES string of the molecule is CC(N=O)c1cccc(C(C)(C)NC(=O)Nc2ccc(Cl)c(Cl)c2)c1. The maximum Gasteiger partial charge on any atom is 0.319 e. The molecule has 2 N–H and O–H groups in total. The molecule has 2 rings (SSSR count). The van der Waals surface area contributed by atoms with E-state index in [4.69, 9.17) is 23.2 Å². The molecule has 25 heavy (non-hydrogen) atoms. The van der Waals surface area contributed by atoms with Crippen LogP contribution in [0.4, 0.5) is 10.5 Å². The van der Waals surface area contributed by atoms with E-state index in [0.29, 0.717) is 15.7 Å². The lowest BCUT2D eigenvalue weighted by Gasteiger charge is -2.27. The number of carbonyl (C=O) groups excluding carboxylic acids is 1. The smallest absolute Gasteiger partial charge is 0.319 e. The maximum absolute atomic E-state index is 12.3. The summed E-state index contributed by atoms with van der Waals surface area (Å²) in [6.45, 7) is 5.47. The zero-order valence-corrected chi connectivity index (χ0v) is 15.7. The molecule has 2 amide bonds. The van der Waals surface area contributed by atoms with Crippen LogP contribution in [-0.2, 0) is 5.54 Å². The minimum atomic E-state index is -0.654. The summed E-state index contributed by atoms with van der Waals surface area (Å²) in [6.07, 6.45) is 0. The molecule has 1 atom stereocenters. The molecule has 0 aliphatic carbocycles. The van der Waals surface area contributed by atoms with Crippen molar-refractivity contribution in [1.29, 1.82) is 0 Å². The van der Waals surface area contributed by atoms with Crippen molar-refractivity contribution in [3.05, 3.63) is 68.5 Å². The predicted octanol–water partition coefficient (Wildman–Crippen LogP) is 5.88. The number of nitrogens with one attached hydrogen (secondary N) is 2. The largest absolute Gasteiger partial charge is 0.329 e. The summed E-state index contributed by atoms with van der Waals surface area (Å²) in [7, 11) is 0. The normalized spacial score (nSPS) is 12.4. The zero-order chi connectivity index (χ0) is 18.6. The summed E-state index contributed by atoms with van der Waals surface area (Å²) in [6, 6.07) is 11.5. The molecule has 2 aromatic rings. The highest BCUT2D eigenvalue weighted by Gasteiger charge is 2.24. The summed E-state index contributed by atoms with van der Waals surface area (Å²) < 4.78 is 0. The second-order valence-corrected chi connectivity index (χ2v) is 7.05. The number of benzene rings is 2. The van der Waals surface area contributed by atoms with E-state index >= 15 is 0 Å². The lowest BCUT2D eigenvalue weighted by Crippen LogP contribution is -2.43. The van der Waals surface area contributed by atoms with Crippen LogP contribution < -0.4 is 10.6 Å². The summed E-state index contributed by atoms with van der Waals surface area (Å²) in [5.74, 6) is 0. The molecule has 0 aromatic heterocycles. The number of halogens is 2. The van der Waals surface area contributed by atoms with Crippen LogP contribution in [0.1, 0.15) is 37.9 Å². The number of urea groups is 1. The van der Waals surface area contributed by atoms with Gasteiger partial charge in [-0.1, -0.05) is 52.6 Å². The Morgan fingerprint density at radius 3 is 2.48 bits per heavy atom. The Labute approximate surface area is 156 Å². The molecule has 0 radical (unpaired) electrons. The molecule has 0 aliphatic rings. The van der Waals surface area contributed by atoms with Gasteiger partial charge in [0.25, 0.3) is 0 Å². The standard InChI is InChI=1S/C18H19Cl2N3O2/c1-11(23-25)12-5-4-6-13(9-12)18(2,3)22-17(24)21-14-7-8-15(19)16(20)10-14/h4-11H,1-3H3,(H2,21,22,24). The van der Waals surface area contributed by atoms with Crippen molar-refractivity contribution in [2.24, 2.45) is 5.18 Å². The van der Waals surface area contributed by atoms with Crippen LogP contribution >= 0.6 is 23.2 Å². The zero-order valence-electron chi connectivity index (χ0n) is 14.1. The first-order chi connectivity index (χ1) is 11.7. The van der Waals surface area contributed by atoms with Crippen molar-refractivity contribution in [3.8, 4) is 0 Å². The van der Waals surface area contributed by atoms with E-state index in [1.807, 2.05) is 38.1 Å². The van der Waals surface area contributed by atoms with Gasteiger partial charge >= 0.3 is 6.03 Å². The van der Waals surface area contributed by atoms with Gasteiger partial charge in [-0.05, 0) is 50.1 Å². The first-order valence-electron chi connectivity index (χ1n) is 7.70. The molecule has 2 aromatic carbocycles. The lowest BCUT2D eigenvalue weighted by molar-refractivity contribution is 0.242. The molecule has 0 bridgehead atoms. The van der Waals surface area contributed by atoms with Crippen molar-refractivity contribution in [3.63, 3.8) is 0 Å². The Balaban J connectivity index is 2.13. The van der Waals surface area contributed by atoms with Crippen molar-refractivity contribution in [2.75, 3.05) is 5.32 Å². The summed E-state index contributed by atoms with van der Waals surface area (Å²) in [5, 5.41) is 9.45. The highest BCUT2D eigenvalue weighted by molar-refractivity contribution is 6.42. The number of hydrogen-bond acceptors (Lipinski definition) is 3. The van der Waals surface area contributed by atoms with E-state index in [2.05, 4.69) is 15.8 Å². The monoisotopic (exact) mass is 379 g/mol. The number of anilines is 1. The fraction of sp³-hybridized carbons (Fsp3) is 0.278. The van der Waals surface area contributed by atoms with Crippen LogP contribution in [0.2, 0.25) is 10.0 Å². The molecule has 0 saturated carbocycles. The third kappa shape index (κ3) is 4.94. The molecular formula is C18H19Cl2N3O2. The van der Waals surface area contributed by atoms with Crippen LogP contribution in [-0.4, -0.2) is 6.03 Å². The predicted molar refractivity (Wildman–Crippen MR) is 102 cm³/mol. The van der Waals surface area contributed by atoms with E-state index in [-0.39, 0.29) is 6.03 Å². The number of rotatable bonds is 5. The van der Waals surface area contributed by atoms with Gasteiger partial charge in [-0.2, -0.15) is 4.91 Å². The number of nitrogens with zero attached hydrogens (tertiary/aromatic N) is 1. The number of amides is 2. The van der Waals surface area contributed by atoms with Gasteiger partial charge in [0.05, 0.1) is 15.6 Å². The first-order valence-corrected chi connectivity index (χ1v) is 8.45. The second kappa shape index (κ2) is 7.85. The number of carbonyl (C=O) groups is 1. The van der Waals surface area contributed by atoms with Gasteiger partial charge in [-0.25, -0.2) is 4.79 Å². The fourth-order valence-corrected chi connectivity index (χ4v) is 2.64. The molecule has 5 nitrogen and oxygen atoms in total. The van der Waals surface area contributed by atoms with Gasteiger partial charge in [-0.15, -0.1) is 0 Å². The Bertz CT molecular complexity index is 794. The third-order valence-corrected chi connectivity index (χ3v) is 4.59. The van der Waals surface area contributed by atoms with Gasteiger partial charge in [0, 0.05) is 5.69 Å². The van der Waals surface area contributed by atoms with E-state index in [0.717, 1.165) is 11.1 Å². The Kier molecular flexibility index (Phi) is 6.03. The fourth-order valence-electron chi connectivity index (χ4n) is 2.34. The van der Waals surface area contributed by atoms with Gasteiger partial charge in [0.2, 0.25) is 0 Å². The van der Waals surface area contributed by atoms with Crippen LogP contribution in [0.3, 0.4) is 0 Å². The van der Waals surface area contributed by atoms with Gasteiger partial charge < -0.3 is 10.6 Å². The Hall–Kier alpha value is -2.11. The van der Waals surface area contributed by atoms with E-state index in [1.165, 1.54) is 0 Å². The average molecular weight is 380 g/mol. The lowest BCUT2D eigenvalue weighted by atomic mass is 9.92. The molecule has 0 spiro atoms. The average Bonchev–Trinajstić information content (AvgIpc) is 2.57. The number of nitroso groups, excluding NO2 is 1. The van der Waals surface area contributed by atoms with Crippen molar-refractivity contribution < 1.29 is 4.79 Å². The topological polar surface area (TPSA) is 70.6 Å². The van der Waals surface area contributed by atoms with Crippen LogP contribution in [0.5, 0.6) is 0 Å². The molecule has 0 heterocycles. The first kappa shape index (κ1) is 19.2. The van der Waals surface area contributed by atoms with Gasteiger partial charge in [0.15, 0.2) is 0 Å². The van der Waals surface area contributed by atoms with Crippen LogP contribution in [0.15, 0.2) is 47.6 Å². The highest BCUT2D eigenvalue weighted by atomic mass is 35.5. The molecule has 0 saturated heterocycles. The van der Waals surface area contributed by atoms with Crippen LogP contribution in [0, 0.1) is 4.91 Å². The summed E-state index contributed by atoms with van der Waals surface area (Å²) in [4.78, 5) is 23.1. The van der Waals surface area contributed by atoms with Crippen molar-refractivity contribution >= 4 is 34.9 Å². The van der Waals surface area contributed by atoms with Crippen molar-refractivity contribution in [2.45, 2.75) is 32.4 Å². The molecule has 0 fully saturated rings. The summed E-state index contributed by atoms with van der Waals surface area (Å²) >= 11 is 11.8. The van der Waals surface area contributed by atoms with E-state index < -0.39 is 11.6 Å². The Morgan fingerprint density at radius 2 is 1.84 bits per heavy atom. The van der Waals surface area contributed by atoms with E-state index in [1.54, 1.807) is 25.1 Å². The molecule has 0 aliphatic heterocycles. The highest BCUT2D eigenvalue weighted by Crippen LogP contribution is 2.27. The minimum Gasteiger partial charge on any atom is -0.329 e. The molecule has 1 unspecified atom stereocenters. The quantitative estimate of drug-likeness (QED) is 0.636. The maximum atomic E-state index is 12.3. The second-order valence-electron chi connectivity index (χ2n) is 6.24. The van der Waals surface area contributed by atoms with Gasteiger partial charge in [-0.3, -0.25) is 0 Å². The number of hydrogen-bond donors (Lipinski definition) is 2.